The number of carboxylic acid groups (broad SMARTS) is 1. The predicted molar refractivity (Wildman–Crippen MR) is 71.5 cm³/mol. The maximum atomic E-state index is 13.4. The molecule has 3 aromatic rings. The average Bonchev–Trinajstić information content (AvgIpc) is 2.98. The summed E-state index contributed by atoms with van der Waals surface area (Å²) in [5.74, 6) is -1.71. The maximum Gasteiger partial charge on any atom is 0.338 e. The van der Waals surface area contributed by atoms with Gasteiger partial charge in [-0.05, 0) is 28.6 Å². The van der Waals surface area contributed by atoms with Crippen LogP contribution in [0.15, 0.2) is 48.5 Å². The first kappa shape index (κ1) is 12.9. The molecule has 0 aliphatic carbocycles. The zero-order valence-corrected chi connectivity index (χ0v) is 10.6. The lowest BCUT2D eigenvalue weighted by molar-refractivity contribution is 0.0692. The molecule has 1 N–H and O–H groups in total. The Labute approximate surface area is 118 Å². The molecule has 0 aliphatic rings. The van der Waals surface area contributed by atoms with E-state index in [1.54, 1.807) is 0 Å². The van der Waals surface area contributed by atoms with Gasteiger partial charge in [0.15, 0.2) is 5.82 Å². The van der Waals surface area contributed by atoms with Crippen LogP contribution in [0, 0.1) is 5.82 Å². The van der Waals surface area contributed by atoms with Crippen molar-refractivity contribution < 1.29 is 14.3 Å². The molecule has 21 heavy (non-hydrogen) atoms. The zero-order chi connectivity index (χ0) is 14.8. The van der Waals surface area contributed by atoms with Crippen molar-refractivity contribution in [3.63, 3.8) is 0 Å². The van der Waals surface area contributed by atoms with Crippen LogP contribution >= 0.6 is 0 Å². The van der Waals surface area contributed by atoms with E-state index in [9.17, 15) is 9.18 Å². The Morgan fingerprint density at radius 1 is 1.14 bits per heavy atom. The van der Waals surface area contributed by atoms with Gasteiger partial charge in [0.05, 0.1) is 11.3 Å². The number of halogens is 1. The second-order valence-electron chi connectivity index (χ2n) is 4.25. The fourth-order valence-corrected chi connectivity index (χ4v) is 1.94. The van der Waals surface area contributed by atoms with Gasteiger partial charge in [0.1, 0.15) is 5.82 Å². The summed E-state index contributed by atoms with van der Waals surface area (Å²) in [4.78, 5) is 11.0. The van der Waals surface area contributed by atoms with Crippen molar-refractivity contribution in [2.75, 3.05) is 0 Å². The van der Waals surface area contributed by atoms with Gasteiger partial charge in [-0.25, -0.2) is 9.18 Å². The smallest absolute Gasteiger partial charge is 0.338 e. The molecule has 104 valence electrons. The van der Waals surface area contributed by atoms with Crippen LogP contribution in [0.2, 0.25) is 0 Å². The van der Waals surface area contributed by atoms with Gasteiger partial charge in [0.2, 0.25) is 0 Å². The molecule has 0 amide bonds. The number of rotatable bonds is 3. The number of nitrogens with zero attached hydrogens (tertiary/aromatic N) is 4. The van der Waals surface area contributed by atoms with Crippen LogP contribution in [0.3, 0.4) is 0 Å². The van der Waals surface area contributed by atoms with Gasteiger partial charge in [-0.15, -0.1) is 5.10 Å². The third kappa shape index (κ3) is 2.36. The second kappa shape index (κ2) is 5.12. The van der Waals surface area contributed by atoms with Crippen LogP contribution < -0.4 is 0 Å². The molecule has 1 heterocycles. The average molecular weight is 284 g/mol. The Bertz CT molecular complexity index is 802. The van der Waals surface area contributed by atoms with Crippen molar-refractivity contribution in [3.05, 3.63) is 59.9 Å². The minimum atomic E-state index is -1.34. The second-order valence-corrected chi connectivity index (χ2v) is 4.25. The van der Waals surface area contributed by atoms with Gasteiger partial charge >= 0.3 is 5.97 Å². The van der Waals surface area contributed by atoms with Gasteiger partial charge in [-0.2, -0.15) is 4.68 Å². The third-order valence-electron chi connectivity index (χ3n) is 2.93. The molecule has 0 aliphatic heterocycles. The molecule has 0 bridgehead atoms. The standard InChI is InChI=1S/C14H9FN4O2/c15-12-7-6-10(8-11(12)14(20)21)19-13(16-17-18-19)9-4-2-1-3-5-9/h1-8H,(H,20,21). The SMILES string of the molecule is O=C(O)c1cc(-n2nnnc2-c2ccccc2)ccc1F. The van der Waals surface area contributed by atoms with E-state index in [1.165, 1.54) is 16.8 Å². The minimum absolute atomic E-state index is 0.373. The lowest BCUT2D eigenvalue weighted by Crippen LogP contribution is -2.05. The normalized spacial score (nSPS) is 10.5. The van der Waals surface area contributed by atoms with Gasteiger partial charge in [-0.1, -0.05) is 30.3 Å². The first-order valence-corrected chi connectivity index (χ1v) is 6.04. The third-order valence-corrected chi connectivity index (χ3v) is 2.93. The molecule has 0 spiro atoms. The van der Waals surface area contributed by atoms with E-state index >= 15 is 0 Å². The van der Waals surface area contributed by atoms with Crippen LogP contribution in [0.25, 0.3) is 17.1 Å². The van der Waals surface area contributed by atoms with Crippen molar-refractivity contribution in [1.29, 1.82) is 0 Å². The molecular formula is C14H9FN4O2. The highest BCUT2D eigenvalue weighted by molar-refractivity contribution is 5.88. The number of hydrogen-bond donors (Lipinski definition) is 1. The number of benzene rings is 2. The molecular weight excluding hydrogens is 275 g/mol. The number of tetrazole rings is 1. The van der Waals surface area contributed by atoms with Gasteiger partial charge in [0.25, 0.3) is 0 Å². The molecule has 0 radical (unpaired) electrons. The quantitative estimate of drug-likeness (QED) is 0.797. The summed E-state index contributed by atoms with van der Waals surface area (Å²) in [6.45, 7) is 0. The number of hydrogen-bond acceptors (Lipinski definition) is 4. The van der Waals surface area contributed by atoms with Crippen molar-refractivity contribution in [2.24, 2.45) is 0 Å². The number of carbonyl (C=O) groups is 1. The van der Waals surface area contributed by atoms with Crippen LogP contribution in [-0.2, 0) is 0 Å². The molecule has 0 atom stereocenters. The minimum Gasteiger partial charge on any atom is -0.478 e. The molecule has 7 heteroatoms. The van der Waals surface area contributed by atoms with Crippen molar-refractivity contribution >= 4 is 5.97 Å². The van der Waals surface area contributed by atoms with E-state index in [4.69, 9.17) is 5.11 Å². The number of aromatic nitrogens is 4. The lowest BCUT2D eigenvalue weighted by Gasteiger charge is -2.06. The molecule has 2 aromatic carbocycles. The molecule has 6 nitrogen and oxygen atoms in total. The number of carboxylic acids is 1. The zero-order valence-electron chi connectivity index (χ0n) is 10.6. The molecule has 0 unspecified atom stereocenters. The first-order valence-electron chi connectivity index (χ1n) is 6.04. The monoisotopic (exact) mass is 284 g/mol. The van der Waals surface area contributed by atoms with Gasteiger partial charge < -0.3 is 5.11 Å². The summed E-state index contributed by atoms with van der Waals surface area (Å²) < 4.78 is 14.8. The highest BCUT2D eigenvalue weighted by atomic mass is 19.1. The molecule has 0 saturated heterocycles. The summed E-state index contributed by atoms with van der Waals surface area (Å²) in [6.07, 6.45) is 0. The fraction of sp³-hybridized carbons (Fsp3) is 0. The van der Waals surface area contributed by atoms with Gasteiger partial charge in [-0.3, -0.25) is 0 Å². The molecule has 0 fully saturated rings. The van der Waals surface area contributed by atoms with E-state index < -0.39 is 17.3 Å². The van der Waals surface area contributed by atoms with Gasteiger partial charge in [0, 0.05) is 5.56 Å². The summed E-state index contributed by atoms with van der Waals surface area (Å²) in [5.41, 5.74) is 0.711. The van der Waals surface area contributed by atoms with E-state index in [-0.39, 0.29) is 0 Å². The summed E-state index contributed by atoms with van der Waals surface area (Å²) in [7, 11) is 0. The largest absolute Gasteiger partial charge is 0.478 e. The van der Waals surface area contributed by atoms with Crippen LogP contribution in [-0.4, -0.2) is 31.3 Å². The van der Waals surface area contributed by atoms with Crippen LogP contribution in [0.1, 0.15) is 10.4 Å². The van der Waals surface area contributed by atoms with E-state index in [0.717, 1.165) is 11.6 Å². The summed E-state index contributed by atoms with van der Waals surface area (Å²) in [6, 6.07) is 12.9. The van der Waals surface area contributed by atoms with Crippen LogP contribution in [0.4, 0.5) is 4.39 Å². The molecule has 1 aromatic heterocycles. The van der Waals surface area contributed by atoms with Crippen molar-refractivity contribution in [1.82, 2.24) is 20.2 Å². The summed E-state index contributed by atoms with van der Waals surface area (Å²) >= 11 is 0. The Balaban J connectivity index is 2.13. The first-order chi connectivity index (χ1) is 10.2. The topological polar surface area (TPSA) is 80.9 Å². The Morgan fingerprint density at radius 2 is 1.90 bits per heavy atom. The van der Waals surface area contributed by atoms with E-state index in [0.29, 0.717) is 11.5 Å². The van der Waals surface area contributed by atoms with Crippen molar-refractivity contribution in [2.45, 2.75) is 0 Å². The van der Waals surface area contributed by atoms with Crippen LogP contribution in [0.5, 0.6) is 0 Å². The number of aromatic carboxylic acids is 1. The summed E-state index contributed by atoms with van der Waals surface area (Å²) in [5, 5.41) is 20.3. The molecule has 3 rings (SSSR count). The fourth-order valence-electron chi connectivity index (χ4n) is 1.94. The Kier molecular flexibility index (Phi) is 3.15. The lowest BCUT2D eigenvalue weighted by atomic mass is 10.1. The highest BCUT2D eigenvalue weighted by Gasteiger charge is 2.15. The van der Waals surface area contributed by atoms with E-state index in [2.05, 4.69) is 15.5 Å². The Hall–Kier alpha value is -3.09. The maximum absolute atomic E-state index is 13.4. The highest BCUT2D eigenvalue weighted by Crippen LogP contribution is 2.20. The van der Waals surface area contributed by atoms with E-state index in [1.807, 2.05) is 30.3 Å². The predicted octanol–water partition coefficient (Wildman–Crippen LogP) is 2.17. The van der Waals surface area contributed by atoms with Crippen molar-refractivity contribution in [3.8, 4) is 17.1 Å². The Morgan fingerprint density at radius 3 is 2.62 bits per heavy atom. The molecule has 0 saturated carbocycles.